The lowest BCUT2D eigenvalue weighted by atomic mass is 10.0. The SMILES string of the molecule is Cc1ccc(C)c(NC(=O)CN2CC(C)(C)Oc3cc(N)ccc32)c1. The van der Waals surface area contributed by atoms with E-state index in [-0.39, 0.29) is 18.1 Å². The Bertz CT molecular complexity index is 815. The van der Waals surface area contributed by atoms with E-state index < -0.39 is 0 Å². The summed E-state index contributed by atoms with van der Waals surface area (Å²) in [7, 11) is 0. The van der Waals surface area contributed by atoms with Gasteiger partial charge in [0, 0.05) is 17.4 Å². The van der Waals surface area contributed by atoms with Crippen LogP contribution < -0.4 is 20.7 Å². The monoisotopic (exact) mass is 339 g/mol. The van der Waals surface area contributed by atoms with Crippen molar-refractivity contribution in [2.24, 2.45) is 0 Å². The molecule has 0 radical (unpaired) electrons. The summed E-state index contributed by atoms with van der Waals surface area (Å²) in [6, 6.07) is 11.6. The van der Waals surface area contributed by atoms with Gasteiger partial charge < -0.3 is 20.7 Å². The quantitative estimate of drug-likeness (QED) is 0.840. The van der Waals surface area contributed by atoms with Crippen LogP contribution in [0.15, 0.2) is 36.4 Å². The number of hydrogen-bond acceptors (Lipinski definition) is 4. The highest BCUT2D eigenvalue weighted by Gasteiger charge is 2.32. The Morgan fingerprint density at radius 2 is 2.00 bits per heavy atom. The van der Waals surface area contributed by atoms with Gasteiger partial charge in [-0.15, -0.1) is 0 Å². The van der Waals surface area contributed by atoms with Crippen LogP contribution in [0, 0.1) is 13.8 Å². The number of nitrogen functional groups attached to an aromatic ring is 1. The van der Waals surface area contributed by atoms with Crippen LogP contribution in [0.5, 0.6) is 5.75 Å². The minimum Gasteiger partial charge on any atom is -0.484 e. The number of benzene rings is 2. The number of ether oxygens (including phenoxy) is 1. The van der Waals surface area contributed by atoms with E-state index in [1.54, 1.807) is 0 Å². The molecule has 0 unspecified atom stereocenters. The van der Waals surface area contributed by atoms with Gasteiger partial charge >= 0.3 is 0 Å². The first kappa shape index (κ1) is 17.1. The van der Waals surface area contributed by atoms with Gasteiger partial charge in [-0.25, -0.2) is 0 Å². The normalized spacial score (nSPS) is 15.3. The molecule has 0 saturated heterocycles. The second-order valence-electron chi connectivity index (χ2n) is 7.31. The number of nitrogens with zero attached hydrogens (tertiary/aromatic N) is 1. The molecular formula is C20H25N3O2. The average molecular weight is 339 g/mol. The van der Waals surface area contributed by atoms with Crippen LogP contribution in [0.25, 0.3) is 0 Å². The second kappa shape index (κ2) is 6.31. The number of nitrogens with two attached hydrogens (primary N) is 1. The van der Waals surface area contributed by atoms with Crippen LogP contribution >= 0.6 is 0 Å². The molecule has 25 heavy (non-hydrogen) atoms. The van der Waals surface area contributed by atoms with Gasteiger partial charge in [0.15, 0.2) is 0 Å². The van der Waals surface area contributed by atoms with Crippen molar-refractivity contribution in [3.05, 3.63) is 47.5 Å². The van der Waals surface area contributed by atoms with E-state index in [0.717, 1.165) is 28.3 Å². The van der Waals surface area contributed by atoms with Gasteiger partial charge in [0.25, 0.3) is 0 Å². The molecule has 132 valence electrons. The molecule has 0 aliphatic carbocycles. The zero-order valence-electron chi connectivity index (χ0n) is 15.2. The predicted molar refractivity (Wildman–Crippen MR) is 102 cm³/mol. The van der Waals surface area contributed by atoms with Gasteiger partial charge in [-0.2, -0.15) is 0 Å². The van der Waals surface area contributed by atoms with Gasteiger partial charge in [-0.1, -0.05) is 12.1 Å². The smallest absolute Gasteiger partial charge is 0.243 e. The molecule has 0 saturated carbocycles. The first-order valence-corrected chi connectivity index (χ1v) is 8.44. The fraction of sp³-hybridized carbons (Fsp3) is 0.350. The molecule has 3 rings (SSSR count). The molecule has 3 N–H and O–H groups in total. The third-order valence-electron chi connectivity index (χ3n) is 4.28. The third kappa shape index (κ3) is 3.87. The lowest BCUT2D eigenvalue weighted by Gasteiger charge is -2.40. The third-order valence-corrected chi connectivity index (χ3v) is 4.28. The van der Waals surface area contributed by atoms with Crippen molar-refractivity contribution in [3.63, 3.8) is 0 Å². The van der Waals surface area contributed by atoms with Crippen molar-refractivity contribution >= 4 is 23.0 Å². The van der Waals surface area contributed by atoms with Crippen LogP contribution in [-0.2, 0) is 4.79 Å². The highest BCUT2D eigenvalue weighted by atomic mass is 16.5. The number of carbonyl (C=O) groups excluding carboxylic acids is 1. The van der Waals surface area contributed by atoms with Crippen molar-refractivity contribution in [1.82, 2.24) is 0 Å². The largest absolute Gasteiger partial charge is 0.484 e. The van der Waals surface area contributed by atoms with Crippen molar-refractivity contribution < 1.29 is 9.53 Å². The Labute approximate surface area is 148 Å². The van der Waals surface area contributed by atoms with Gasteiger partial charge in [0.05, 0.1) is 18.8 Å². The topological polar surface area (TPSA) is 67.6 Å². The van der Waals surface area contributed by atoms with E-state index in [0.29, 0.717) is 12.2 Å². The van der Waals surface area contributed by atoms with Crippen LogP contribution in [0.2, 0.25) is 0 Å². The molecule has 1 aliphatic rings. The molecule has 1 aliphatic heterocycles. The van der Waals surface area contributed by atoms with Crippen LogP contribution in [-0.4, -0.2) is 24.6 Å². The molecule has 0 bridgehead atoms. The standard InChI is InChI=1S/C20H25N3O2/c1-13-5-6-14(2)16(9-13)22-19(24)11-23-12-20(3,4)25-18-10-15(21)7-8-17(18)23/h5-10H,11-12,21H2,1-4H3,(H,22,24). The number of hydrogen-bond donors (Lipinski definition) is 2. The number of aryl methyl sites for hydroxylation is 2. The molecule has 0 aromatic heterocycles. The maximum Gasteiger partial charge on any atom is 0.243 e. The first-order valence-electron chi connectivity index (χ1n) is 8.44. The van der Waals surface area contributed by atoms with E-state index in [1.807, 2.05) is 69.0 Å². The van der Waals surface area contributed by atoms with Crippen molar-refractivity contribution in [1.29, 1.82) is 0 Å². The average Bonchev–Trinajstić information content (AvgIpc) is 2.49. The summed E-state index contributed by atoms with van der Waals surface area (Å²) in [4.78, 5) is 14.7. The van der Waals surface area contributed by atoms with E-state index >= 15 is 0 Å². The zero-order chi connectivity index (χ0) is 18.2. The number of anilines is 3. The van der Waals surface area contributed by atoms with Gasteiger partial charge in [-0.3, -0.25) is 4.79 Å². The Morgan fingerprint density at radius 1 is 1.24 bits per heavy atom. The Kier molecular flexibility index (Phi) is 4.33. The summed E-state index contributed by atoms with van der Waals surface area (Å²) in [5.74, 6) is 0.671. The van der Waals surface area contributed by atoms with E-state index in [1.165, 1.54) is 0 Å². The summed E-state index contributed by atoms with van der Waals surface area (Å²) in [6.45, 7) is 8.91. The molecule has 5 heteroatoms. The molecule has 0 atom stereocenters. The number of rotatable bonds is 3. The van der Waals surface area contributed by atoms with E-state index in [4.69, 9.17) is 10.5 Å². The first-order chi connectivity index (χ1) is 11.7. The Morgan fingerprint density at radius 3 is 2.76 bits per heavy atom. The number of nitrogens with one attached hydrogen (secondary N) is 1. The van der Waals surface area contributed by atoms with Crippen LogP contribution in [0.3, 0.4) is 0 Å². The predicted octanol–water partition coefficient (Wildman–Crippen LogP) is 3.50. The summed E-state index contributed by atoms with van der Waals surface area (Å²) >= 11 is 0. The summed E-state index contributed by atoms with van der Waals surface area (Å²) < 4.78 is 6.01. The maximum absolute atomic E-state index is 12.6. The van der Waals surface area contributed by atoms with E-state index in [2.05, 4.69) is 5.32 Å². The lowest BCUT2D eigenvalue weighted by Crippen LogP contribution is -2.49. The lowest BCUT2D eigenvalue weighted by molar-refractivity contribution is -0.115. The summed E-state index contributed by atoms with van der Waals surface area (Å²) in [6.07, 6.45) is 0. The molecule has 2 aromatic carbocycles. The Balaban J connectivity index is 1.80. The minimum absolute atomic E-state index is 0.0471. The molecule has 0 spiro atoms. The van der Waals surface area contributed by atoms with Crippen molar-refractivity contribution in [2.75, 3.05) is 29.0 Å². The molecular weight excluding hydrogens is 314 g/mol. The molecule has 5 nitrogen and oxygen atoms in total. The fourth-order valence-corrected chi connectivity index (χ4v) is 3.12. The molecule has 0 fully saturated rings. The highest BCUT2D eigenvalue weighted by Crippen LogP contribution is 2.38. The Hall–Kier alpha value is -2.69. The van der Waals surface area contributed by atoms with Gasteiger partial charge in [0.2, 0.25) is 5.91 Å². The van der Waals surface area contributed by atoms with Gasteiger partial charge in [-0.05, 0) is 57.0 Å². The molecule has 2 aromatic rings. The molecule has 1 amide bonds. The van der Waals surface area contributed by atoms with Crippen LogP contribution in [0.1, 0.15) is 25.0 Å². The van der Waals surface area contributed by atoms with Crippen molar-refractivity contribution in [3.8, 4) is 5.75 Å². The second-order valence-corrected chi connectivity index (χ2v) is 7.31. The van der Waals surface area contributed by atoms with Gasteiger partial charge in [0.1, 0.15) is 11.4 Å². The summed E-state index contributed by atoms with van der Waals surface area (Å²) in [5, 5.41) is 3.02. The maximum atomic E-state index is 12.6. The number of amides is 1. The summed E-state index contributed by atoms with van der Waals surface area (Å²) in [5.41, 5.74) is 10.1. The molecule has 1 heterocycles. The number of fused-ring (bicyclic) bond motifs is 1. The minimum atomic E-state index is -0.389. The zero-order valence-corrected chi connectivity index (χ0v) is 15.2. The number of carbonyl (C=O) groups is 1. The fourth-order valence-electron chi connectivity index (χ4n) is 3.12. The van der Waals surface area contributed by atoms with Crippen molar-refractivity contribution in [2.45, 2.75) is 33.3 Å². The van der Waals surface area contributed by atoms with Crippen LogP contribution in [0.4, 0.5) is 17.1 Å². The van der Waals surface area contributed by atoms with E-state index in [9.17, 15) is 4.79 Å². The highest BCUT2D eigenvalue weighted by molar-refractivity contribution is 5.95.